The van der Waals surface area contributed by atoms with Gasteiger partial charge < -0.3 is 5.11 Å². The zero-order valence-electron chi connectivity index (χ0n) is 9.88. The number of hydrogen-bond donors (Lipinski definition) is 1. The summed E-state index contributed by atoms with van der Waals surface area (Å²) in [6, 6.07) is 12.4. The second kappa shape index (κ2) is 7.34. The van der Waals surface area contributed by atoms with Crippen molar-refractivity contribution in [3.8, 4) is 0 Å². The third-order valence-electron chi connectivity index (χ3n) is 2.54. The van der Waals surface area contributed by atoms with Crippen LogP contribution < -0.4 is 0 Å². The Morgan fingerprint density at radius 1 is 1.28 bits per heavy atom. The van der Waals surface area contributed by atoms with Gasteiger partial charge in [0.15, 0.2) is 0 Å². The lowest BCUT2D eigenvalue weighted by Gasteiger charge is -2.09. The molecule has 96 valence electrons. The number of aliphatic hydroxyl groups is 1. The van der Waals surface area contributed by atoms with Crippen molar-refractivity contribution in [2.24, 2.45) is 0 Å². The second-order valence-electron chi connectivity index (χ2n) is 4.04. The van der Waals surface area contributed by atoms with Gasteiger partial charge in [-0.1, -0.05) is 28.1 Å². The van der Waals surface area contributed by atoms with Crippen molar-refractivity contribution >= 4 is 39.0 Å². The van der Waals surface area contributed by atoms with Gasteiger partial charge in [0.2, 0.25) is 0 Å². The van der Waals surface area contributed by atoms with Gasteiger partial charge in [0.1, 0.15) is 0 Å². The van der Waals surface area contributed by atoms with Gasteiger partial charge in [-0.15, -0.1) is 23.1 Å². The number of aryl methyl sites for hydroxylation is 1. The molecule has 0 aliphatic carbocycles. The average Bonchev–Trinajstić information content (AvgIpc) is 2.87. The van der Waals surface area contributed by atoms with Crippen molar-refractivity contribution in [2.45, 2.75) is 23.8 Å². The Hall–Kier alpha value is -0.290. The van der Waals surface area contributed by atoms with Gasteiger partial charge in [-0.3, -0.25) is 0 Å². The lowest BCUT2D eigenvalue weighted by atomic mass is 10.2. The predicted octanol–water partition coefficient (Wildman–Crippen LogP) is 4.60. The molecule has 1 atom stereocenters. The van der Waals surface area contributed by atoms with Crippen LogP contribution in [0.3, 0.4) is 0 Å². The quantitative estimate of drug-likeness (QED) is 0.774. The minimum Gasteiger partial charge on any atom is -0.392 e. The van der Waals surface area contributed by atoms with Crippen LogP contribution in [0.15, 0.2) is 51.1 Å². The normalized spacial score (nSPS) is 12.6. The Balaban J connectivity index is 1.73. The van der Waals surface area contributed by atoms with E-state index in [1.54, 1.807) is 23.1 Å². The van der Waals surface area contributed by atoms with Crippen LogP contribution in [0.1, 0.15) is 11.3 Å². The molecule has 0 fully saturated rings. The molecule has 1 aromatic heterocycles. The van der Waals surface area contributed by atoms with Gasteiger partial charge in [-0.25, -0.2) is 0 Å². The van der Waals surface area contributed by atoms with E-state index in [0.29, 0.717) is 0 Å². The van der Waals surface area contributed by atoms with Crippen molar-refractivity contribution in [2.75, 3.05) is 5.75 Å². The van der Waals surface area contributed by atoms with Crippen molar-refractivity contribution in [3.63, 3.8) is 0 Å². The molecule has 0 spiro atoms. The number of halogens is 1. The standard InChI is InChI=1S/C14H15BrOS2/c15-11-3-1-4-14(9-11)18-10-12(16)6-7-13-5-2-8-17-13/h1-5,8-9,12,16H,6-7,10H2. The average molecular weight is 343 g/mol. The molecule has 1 unspecified atom stereocenters. The zero-order chi connectivity index (χ0) is 12.8. The van der Waals surface area contributed by atoms with Crippen molar-refractivity contribution in [1.29, 1.82) is 0 Å². The molecule has 0 radical (unpaired) electrons. The smallest absolute Gasteiger partial charge is 0.0637 e. The summed E-state index contributed by atoms with van der Waals surface area (Å²) in [5, 5.41) is 12.0. The third-order valence-corrected chi connectivity index (χ3v) is 5.11. The van der Waals surface area contributed by atoms with Gasteiger partial charge in [-0.05, 0) is 42.5 Å². The molecule has 4 heteroatoms. The van der Waals surface area contributed by atoms with E-state index < -0.39 is 0 Å². The monoisotopic (exact) mass is 342 g/mol. The number of thiophene rings is 1. The molecule has 0 aliphatic heterocycles. The van der Waals surface area contributed by atoms with Crippen LogP contribution in [0, 0.1) is 0 Å². The van der Waals surface area contributed by atoms with Crippen molar-refractivity contribution in [3.05, 3.63) is 51.1 Å². The highest BCUT2D eigenvalue weighted by atomic mass is 79.9. The van der Waals surface area contributed by atoms with E-state index in [1.807, 2.05) is 12.1 Å². The third kappa shape index (κ3) is 4.76. The Bertz CT molecular complexity index is 470. The Kier molecular flexibility index (Phi) is 5.76. The Morgan fingerprint density at radius 3 is 2.89 bits per heavy atom. The fraction of sp³-hybridized carbons (Fsp3) is 0.286. The molecular formula is C14H15BrOS2. The summed E-state index contributed by atoms with van der Waals surface area (Å²) < 4.78 is 1.08. The number of aliphatic hydroxyl groups excluding tert-OH is 1. The predicted molar refractivity (Wildman–Crippen MR) is 83.5 cm³/mol. The molecule has 0 saturated heterocycles. The first-order valence-corrected chi connectivity index (χ1v) is 8.48. The summed E-state index contributed by atoms with van der Waals surface area (Å²) in [7, 11) is 0. The largest absolute Gasteiger partial charge is 0.392 e. The van der Waals surface area contributed by atoms with Crippen LogP contribution in [0.2, 0.25) is 0 Å². The first kappa shape index (κ1) is 14.1. The lowest BCUT2D eigenvalue weighted by molar-refractivity contribution is 0.190. The molecule has 18 heavy (non-hydrogen) atoms. The van der Waals surface area contributed by atoms with E-state index in [9.17, 15) is 5.11 Å². The van der Waals surface area contributed by atoms with Crippen LogP contribution in [-0.4, -0.2) is 17.0 Å². The maximum Gasteiger partial charge on any atom is 0.0637 e. The zero-order valence-corrected chi connectivity index (χ0v) is 13.1. The van der Waals surface area contributed by atoms with Gasteiger partial charge in [0, 0.05) is 20.0 Å². The fourth-order valence-electron chi connectivity index (χ4n) is 1.60. The van der Waals surface area contributed by atoms with Crippen LogP contribution in [0.25, 0.3) is 0 Å². The molecule has 0 bridgehead atoms. The summed E-state index contributed by atoms with van der Waals surface area (Å²) >= 11 is 6.91. The minimum atomic E-state index is -0.240. The van der Waals surface area contributed by atoms with Gasteiger partial charge in [0.25, 0.3) is 0 Å². The molecule has 0 aliphatic rings. The number of benzene rings is 1. The van der Waals surface area contributed by atoms with E-state index in [4.69, 9.17) is 0 Å². The first-order valence-electron chi connectivity index (χ1n) is 5.83. The molecule has 2 aromatic rings. The van der Waals surface area contributed by atoms with E-state index in [0.717, 1.165) is 23.1 Å². The maximum atomic E-state index is 9.95. The summed E-state index contributed by atoms with van der Waals surface area (Å²) in [4.78, 5) is 2.54. The number of hydrogen-bond acceptors (Lipinski definition) is 3. The fourth-order valence-corrected chi connectivity index (χ4v) is 3.81. The summed E-state index contributed by atoms with van der Waals surface area (Å²) in [5.41, 5.74) is 0. The lowest BCUT2D eigenvalue weighted by Crippen LogP contribution is -2.10. The molecule has 1 heterocycles. The van der Waals surface area contributed by atoms with Crippen molar-refractivity contribution < 1.29 is 5.11 Å². The van der Waals surface area contributed by atoms with Gasteiger partial charge in [-0.2, -0.15) is 0 Å². The minimum absolute atomic E-state index is 0.240. The van der Waals surface area contributed by atoms with Crippen molar-refractivity contribution in [1.82, 2.24) is 0 Å². The highest BCUT2D eigenvalue weighted by molar-refractivity contribution is 9.10. The Labute approximate surface area is 124 Å². The molecule has 0 saturated carbocycles. The molecule has 1 N–H and O–H groups in total. The molecule has 1 nitrogen and oxygen atoms in total. The Morgan fingerprint density at radius 2 is 2.17 bits per heavy atom. The van der Waals surface area contributed by atoms with E-state index in [2.05, 4.69) is 45.6 Å². The highest BCUT2D eigenvalue weighted by Gasteiger charge is 2.06. The summed E-state index contributed by atoms with van der Waals surface area (Å²) in [5.74, 6) is 0.752. The van der Waals surface area contributed by atoms with E-state index in [1.165, 1.54) is 9.77 Å². The van der Waals surface area contributed by atoms with E-state index >= 15 is 0 Å². The van der Waals surface area contributed by atoms with Crippen LogP contribution >= 0.6 is 39.0 Å². The summed E-state index contributed by atoms with van der Waals surface area (Å²) in [6.45, 7) is 0. The summed E-state index contributed by atoms with van der Waals surface area (Å²) in [6.07, 6.45) is 1.57. The topological polar surface area (TPSA) is 20.2 Å². The second-order valence-corrected chi connectivity index (χ2v) is 7.08. The van der Waals surface area contributed by atoms with Gasteiger partial charge in [0.05, 0.1) is 6.10 Å². The maximum absolute atomic E-state index is 9.95. The van der Waals surface area contributed by atoms with Crippen LogP contribution in [0.5, 0.6) is 0 Å². The highest BCUT2D eigenvalue weighted by Crippen LogP contribution is 2.23. The van der Waals surface area contributed by atoms with Gasteiger partial charge >= 0.3 is 0 Å². The molecular weight excluding hydrogens is 328 g/mol. The SMILES string of the molecule is OC(CCc1cccs1)CSc1cccc(Br)c1. The number of rotatable bonds is 6. The van der Waals surface area contributed by atoms with E-state index in [-0.39, 0.29) is 6.10 Å². The molecule has 2 rings (SSSR count). The van der Waals surface area contributed by atoms with Crippen LogP contribution in [-0.2, 0) is 6.42 Å². The van der Waals surface area contributed by atoms with Crippen LogP contribution in [0.4, 0.5) is 0 Å². The molecule has 0 amide bonds. The number of thioether (sulfide) groups is 1. The molecule has 1 aromatic carbocycles. The first-order chi connectivity index (χ1) is 8.74.